The number of allylic oxidation sites excluding steroid dienone is 2. The van der Waals surface area contributed by atoms with Crippen LogP contribution in [0.1, 0.15) is 58.3 Å². The van der Waals surface area contributed by atoms with Crippen molar-refractivity contribution in [2.75, 3.05) is 45.3 Å². The summed E-state index contributed by atoms with van der Waals surface area (Å²) in [6, 6.07) is 7.40. The van der Waals surface area contributed by atoms with Gasteiger partial charge in [-0.1, -0.05) is 67.3 Å². The third-order valence-electron chi connectivity index (χ3n) is 10.0. The molecule has 2 heterocycles. The number of halogens is 1. The standard InChI is InChI=1S/C38H49ClN3O9S/c1-5-38(4)19-16-31(24-33(38)28(2)25-39)29(3)26-41-20-17-30(18-21-41)27-50-35(44)15-11-14-34(43)48-22-9-10-23-49-36-37(42(45)51-40-36)52(46,47)32-12-7-6-8-13-32/h5-8,12-13,30-31,33,45H,1-3,11,14-27H2,4H3/q+1/t31-,33+,38-/m1/s1. The Hall–Kier alpha value is -4.12. The molecule has 1 N–H and O–H groups in total. The van der Waals surface area contributed by atoms with Gasteiger partial charge in [0.1, 0.15) is 0 Å². The molecule has 1 aliphatic carbocycles. The van der Waals surface area contributed by atoms with Gasteiger partial charge in [0.2, 0.25) is 5.16 Å². The number of rotatable bonds is 17. The highest BCUT2D eigenvalue weighted by atomic mass is 35.5. The maximum atomic E-state index is 12.8. The fourth-order valence-electron chi connectivity index (χ4n) is 6.71. The Bertz CT molecular complexity index is 1740. The Morgan fingerprint density at radius 2 is 1.77 bits per heavy atom. The molecule has 3 atom stereocenters. The van der Waals surface area contributed by atoms with Gasteiger partial charge < -0.3 is 19.4 Å². The van der Waals surface area contributed by atoms with Gasteiger partial charge in [0, 0.05) is 25.3 Å². The molecule has 52 heavy (non-hydrogen) atoms. The first-order valence-corrected chi connectivity index (χ1v) is 19.5. The van der Waals surface area contributed by atoms with Crippen LogP contribution in [0.25, 0.3) is 0 Å². The van der Waals surface area contributed by atoms with Crippen molar-refractivity contribution in [1.29, 1.82) is 0 Å². The van der Waals surface area contributed by atoms with Gasteiger partial charge in [0.05, 0.1) is 11.5 Å². The monoisotopic (exact) mass is 758 g/mol. The molecule has 282 valence electrons. The lowest BCUT2D eigenvalue weighted by Crippen LogP contribution is -2.39. The molecule has 1 saturated heterocycles. The Labute approximate surface area is 311 Å². The lowest BCUT2D eigenvalue weighted by molar-refractivity contribution is -1.06. The third-order valence-corrected chi connectivity index (χ3v) is 12.1. The van der Waals surface area contributed by atoms with Gasteiger partial charge in [-0.2, -0.15) is 0 Å². The summed E-state index contributed by atoms with van der Waals surface area (Å²) in [5, 5.41) is 12.6. The van der Waals surface area contributed by atoms with Crippen molar-refractivity contribution in [3.05, 3.63) is 67.3 Å². The fraction of sp³-hybridized carbons (Fsp3) is 0.526. The smallest absolute Gasteiger partial charge is 0.446 e. The summed E-state index contributed by atoms with van der Waals surface area (Å²) in [6.07, 6.45) is 7.52. The summed E-state index contributed by atoms with van der Waals surface area (Å²) >= 11 is 6.17. The van der Waals surface area contributed by atoms with Crippen LogP contribution in [0.2, 0.25) is 0 Å². The minimum absolute atomic E-state index is 0.000840. The van der Waals surface area contributed by atoms with E-state index in [4.69, 9.17) is 25.8 Å². The lowest BCUT2D eigenvalue weighted by Gasteiger charge is -2.45. The Morgan fingerprint density at radius 1 is 1.10 bits per heavy atom. The van der Waals surface area contributed by atoms with Crippen LogP contribution in [0.4, 0.5) is 0 Å². The molecule has 2 aromatic rings. The molecule has 0 spiro atoms. The summed E-state index contributed by atoms with van der Waals surface area (Å²) in [5.74, 6) is 5.31. The summed E-state index contributed by atoms with van der Waals surface area (Å²) < 4.78 is 46.0. The summed E-state index contributed by atoms with van der Waals surface area (Å²) in [6.45, 7) is 17.6. The van der Waals surface area contributed by atoms with Gasteiger partial charge in [-0.15, -0.1) is 18.2 Å². The topological polar surface area (TPSA) is 149 Å². The fourth-order valence-corrected chi connectivity index (χ4v) is 8.20. The van der Waals surface area contributed by atoms with Crippen LogP contribution in [-0.2, 0) is 28.9 Å². The number of carbonyl (C=O) groups excluding carboxylic acids is 2. The highest BCUT2D eigenvalue weighted by Gasteiger charge is 2.41. The molecular formula is C38H49ClN3O9S+. The van der Waals surface area contributed by atoms with E-state index in [2.05, 4.69) is 59.3 Å². The van der Waals surface area contributed by atoms with Gasteiger partial charge >= 0.3 is 22.8 Å². The molecule has 1 aromatic heterocycles. The predicted molar refractivity (Wildman–Crippen MR) is 192 cm³/mol. The largest absolute Gasteiger partial charge is 0.465 e. The molecule has 0 unspecified atom stereocenters. The summed E-state index contributed by atoms with van der Waals surface area (Å²) in [7, 11) is -4.19. The van der Waals surface area contributed by atoms with Gasteiger partial charge in [0.15, 0.2) is 18.1 Å². The SMILES string of the molecule is C=C[C@]1(C)CC[C@@H](C(=C)CN2CCC(COC(=O)CCCC(=O)OCC#CCOc3no[n+](O)c3S(=O)(=O)c3ccccc3)CC2)C[C@H]1C(=C)CCl. The van der Waals surface area contributed by atoms with Gasteiger partial charge in [-0.25, -0.2) is 8.42 Å². The van der Waals surface area contributed by atoms with E-state index >= 15 is 0 Å². The van der Waals surface area contributed by atoms with Crippen molar-refractivity contribution >= 4 is 33.4 Å². The quantitative estimate of drug-likeness (QED) is 0.0733. The molecule has 1 aliphatic heterocycles. The normalized spacial score (nSPS) is 21.0. The first-order chi connectivity index (χ1) is 24.9. The van der Waals surface area contributed by atoms with E-state index < -0.39 is 26.7 Å². The molecule has 14 heteroatoms. The van der Waals surface area contributed by atoms with E-state index in [-0.39, 0.29) is 53.7 Å². The van der Waals surface area contributed by atoms with Crippen LogP contribution in [0.3, 0.4) is 0 Å². The zero-order chi connectivity index (χ0) is 37.7. The van der Waals surface area contributed by atoms with Gasteiger partial charge in [0.25, 0.3) is 9.84 Å². The van der Waals surface area contributed by atoms with Gasteiger partial charge in [-0.3, -0.25) is 14.5 Å². The second-order valence-corrected chi connectivity index (χ2v) is 15.7. The number of sulfone groups is 1. The van der Waals surface area contributed by atoms with E-state index in [1.807, 2.05) is 0 Å². The van der Waals surface area contributed by atoms with Crippen molar-refractivity contribution in [1.82, 2.24) is 10.1 Å². The number of alkyl halides is 1. The second kappa shape index (κ2) is 19.1. The number of piperidine rings is 1. The second-order valence-electron chi connectivity index (χ2n) is 13.6. The average molecular weight is 759 g/mol. The number of aromatic nitrogens is 2. The number of benzene rings is 1. The zero-order valence-electron chi connectivity index (χ0n) is 29.8. The molecule has 2 aliphatic rings. The average Bonchev–Trinajstić information content (AvgIpc) is 3.53. The summed E-state index contributed by atoms with van der Waals surface area (Å²) in [5.41, 5.74) is 2.36. The molecule has 2 fully saturated rings. The van der Waals surface area contributed by atoms with Gasteiger partial charge in [-0.05, 0) is 91.5 Å². The number of likely N-dealkylation sites (tertiary alicyclic amines) is 1. The van der Waals surface area contributed by atoms with Crippen molar-refractivity contribution < 1.29 is 47.0 Å². The van der Waals surface area contributed by atoms with E-state index in [0.29, 0.717) is 30.2 Å². The molecule has 12 nitrogen and oxygen atoms in total. The maximum absolute atomic E-state index is 12.8. The Morgan fingerprint density at radius 3 is 2.44 bits per heavy atom. The number of hydrogen-bond acceptors (Lipinski definition) is 11. The number of nitrogens with zero attached hydrogens (tertiary/aromatic N) is 3. The molecule has 1 saturated carbocycles. The Kier molecular flexibility index (Phi) is 14.9. The van der Waals surface area contributed by atoms with Crippen LogP contribution in [0.15, 0.2) is 81.8 Å². The van der Waals surface area contributed by atoms with E-state index in [1.165, 1.54) is 29.8 Å². The number of esters is 2. The van der Waals surface area contributed by atoms with Crippen molar-refractivity contribution in [2.24, 2.45) is 23.2 Å². The number of carbonyl (C=O) groups is 2. The van der Waals surface area contributed by atoms with E-state index in [9.17, 15) is 23.2 Å². The molecule has 0 bridgehead atoms. The molecule has 0 radical (unpaired) electrons. The number of ether oxygens (including phenoxy) is 3. The Balaban J connectivity index is 1.06. The van der Waals surface area contributed by atoms with Crippen LogP contribution in [-0.4, -0.2) is 81.0 Å². The number of hydrogen-bond donors (Lipinski definition) is 1. The molecule has 0 amide bonds. The minimum Gasteiger partial charge on any atom is -0.465 e. The van der Waals surface area contributed by atoms with Crippen molar-refractivity contribution in [2.45, 2.75) is 68.2 Å². The van der Waals surface area contributed by atoms with Crippen LogP contribution in [0.5, 0.6) is 5.88 Å². The first-order valence-electron chi connectivity index (χ1n) is 17.5. The zero-order valence-corrected chi connectivity index (χ0v) is 31.3. The highest BCUT2D eigenvalue weighted by Crippen LogP contribution is 2.49. The predicted octanol–water partition coefficient (Wildman–Crippen LogP) is 5.34. The lowest BCUT2D eigenvalue weighted by atomic mass is 9.61. The first kappa shape index (κ1) is 40.6. The summed E-state index contributed by atoms with van der Waals surface area (Å²) in [4.78, 5) is 26.7. The highest BCUT2D eigenvalue weighted by molar-refractivity contribution is 7.91. The third kappa shape index (κ3) is 10.9. The molecule has 1 aromatic carbocycles. The van der Waals surface area contributed by atoms with Crippen LogP contribution >= 0.6 is 11.6 Å². The maximum Gasteiger partial charge on any atom is 0.446 e. The van der Waals surface area contributed by atoms with Crippen LogP contribution in [0, 0.1) is 35.0 Å². The molecular weight excluding hydrogens is 710 g/mol. The van der Waals surface area contributed by atoms with Crippen LogP contribution < -0.4 is 9.64 Å². The van der Waals surface area contributed by atoms with E-state index in [1.54, 1.807) is 6.07 Å². The molecule has 4 rings (SSSR count). The van der Waals surface area contributed by atoms with Crippen molar-refractivity contribution in [3.8, 4) is 17.7 Å². The minimum atomic E-state index is -4.19. The van der Waals surface area contributed by atoms with E-state index in [0.717, 1.165) is 57.3 Å². The van der Waals surface area contributed by atoms with Crippen molar-refractivity contribution in [3.63, 3.8) is 0 Å².